The van der Waals surface area contributed by atoms with Crippen LogP contribution in [0.2, 0.25) is 0 Å². The van der Waals surface area contributed by atoms with Crippen molar-refractivity contribution in [3.8, 4) is 0 Å². The van der Waals surface area contributed by atoms with Crippen molar-refractivity contribution in [1.82, 2.24) is 0 Å². The first kappa shape index (κ1) is 60.5. The van der Waals surface area contributed by atoms with Crippen LogP contribution in [0.5, 0.6) is 0 Å². The summed E-state index contributed by atoms with van der Waals surface area (Å²) in [4.78, 5) is 25.5. The van der Waals surface area contributed by atoms with Gasteiger partial charge in [-0.1, -0.05) is 225 Å². The van der Waals surface area contributed by atoms with E-state index < -0.39 is 49.4 Å². The number of unbranched alkanes of at least 4 members (excludes halogenated alkanes) is 34. The molecule has 1 heterocycles. The Morgan fingerprint density at radius 2 is 0.828 bits per heavy atom. The number of hydrogen-bond acceptors (Lipinski definition) is 10. The molecule has 6 unspecified atom stereocenters. The summed E-state index contributed by atoms with van der Waals surface area (Å²) < 4.78 is 22.3. The van der Waals surface area contributed by atoms with Crippen molar-refractivity contribution in [3.63, 3.8) is 0 Å². The molecule has 1 rings (SSSR count). The molecule has 1 fully saturated rings. The SMILES string of the molecule is CCCCCCCCCC/C=C\CCCCCCCCCCCCCC(=O)OC(COC(=O)CCCCCCCCCCCCCCCCCC)COC1OC(CO)C(O)C(O)C1O. The average Bonchev–Trinajstić information content (AvgIpc) is 3.29. The van der Waals surface area contributed by atoms with E-state index >= 15 is 0 Å². The largest absolute Gasteiger partial charge is 0.462 e. The summed E-state index contributed by atoms with van der Waals surface area (Å²) in [5.41, 5.74) is 0. The molecule has 1 aliphatic heterocycles. The zero-order chi connectivity index (χ0) is 46.6. The predicted molar refractivity (Wildman–Crippen MR) is 261 cm³/mol. The van der Waals surface area contributed by atoms with Gasteiger partial charge >= 0.3 is 11.9 Å². The summed E-state index contributed by atoms with van der Waals surface area (Å²) in [5.74, 6) is -0.790. The van der Waals surface area contributed by atoms with E-state index in [2.05, 4.69) is 26.0 Å². The Balaban J connectivity index is 2.21. The molecule has 0 aliphatic carbocycles. The molecule has 378 valence electrons. The zero-order valence-electron chi connectivity index (χ0n) is 41.6. The van der Waals surface area contributed by atoms with Crippen LogP contribution in [0.25, 0.3) is 0 Å². The van der Waals surface area contributed by atoms with Gasteiger partial charge in [0, 0.05) is 12.8 Å². The predicted octanol–water partition coefficient (Wildman–Crippen LogP) is 13.1. The zero-order valence-corrected chi connectivity index (χ0v) is 41.6. The molecule has 0 saturated carbocycles. The second-order valence-corrected chi connectivity index (χ2v) is 19.0. The molecular weight excluding hydrogens is 809 g/mol. The third-order valence-corrected chi connectivity index (χ3v) is 12.9. The van der Waals surface area contributed by atoms with Crippen LogP contribution in [0.4, 0.5) is 0 Å². The highest BCUT2D eigenvalue weighted by molar-refractivity contribution is 5.70. The van der Waals surface area contributed by atoms with E-state index in [0.717, 1.165) is 38.5 Å². The number of hydrogen-bond donors (Lipinski definition) is 4. The molecule has 64 heavy (non-hydrogen) atoms. The summed E-state index contributed by atoms with van der Waals surface area (Å²) >= 11 is 0. The number of aliphatic hydroxyl groups is 4. The molecular formula is C54H102O10. The third kappa shape index (κ3) is 35.6. The van der Waals surface area contributed by atoms with E-state index in [1.54, 1.807) is 0 Å². The minimum atomic E-state index is -1.59. The normalized spacial score (nSPS) is 19.4. The molecule has 10 nitrogen and oxygen atoms in total. The Kier molecular flexibility index (Phi) is 42.7. The number of allylic oxidation sites excluding steroid dienone is 2. The van der Waals surface area contributed by atoms with Gasteiger partial charge < -0.3 is 39.4 Å². The summed E-state index contributed by atoms with van der Waals surface area (Å²) in [6, 6.07) is 0. The number of esters is 2. The quantitative estimate of drug-likeness (QED) is 0.0264. The Hall–Kier alpha value is -1.56. The van der Waals surface area contributed by atoms with E-state index in [4.69, 9.17) is 18.9 Å². The minimum Gasteiger partial charge on any atom is -0.462 e. The number of aliphatic hydroxyl groups excluding tert-OH is 4. The minimum absolute atomic E-state index is 0.211. The number of carbonyl (C=O) groups is 2. The van der Waals surface area contributed by atoms with Gasteiger partial charge in [0.2, 0.25) is 0 Å². The molecule has 1 aliphatic rings. The Bertz CT molecular complexity index is 1050. The van der Waals surface area contributed by atoms with Crippen molar-refractivity contribution in [2.24, 2.45) is 0 Å². The second-order valence-electron chi connectivity index (χ2n) is 19.0. The molecule has 10 heteroatoms. The van der Waals surface area contributed by atoms with E-state index in [-0.39, 0.29) is 32.0 Å². The monoisotopic (exact) mass is 911 g/mol. The van der Waals surface area contributed by atoms with E-state index in [9.17, 15) is 30.0 Å². The number of ether oxygens (including phenoxy) is 4. The van der Waals surface area contributed by atoms with Gasteiger partial charge in [-0.2, -0.15) is 0 Å². The van der Waals surface area contributed by atoms with Crippen LogP contribution in [-0.4, -0.2) is 89.0 Å². The lowest BCUT2D eigenvalue weighted by atomic mass is 9.99. The highest BCUT2D eigenvalue weighted by Gasteiger charge is 2.44. The lowest BCUT2D eigenvalue weighted by molar-refractivity contribution is -0.305. The van der Waals surface area contributed by atoms with E-state index in [1.165, 1.54) is 193 Å². The van der Waals surface area contributed by atoms with Crippen LogP contribution in [0.3, 0.4) is 0 Å². The molecule has 0 spiro atoms. The van der Waals surface area contributed by atoms with Crippen molar-refractivity contribution >= 4 is 11.9 Å². The van der Waals surface area contributed by atoms with Crippen molar-refractivity contribution in [2.75, 3.05) is 19.8 Å². The fraction of sp³-hybridized carbons (Fsp3) is 0.926. The molecule has 6 atom stereocenters. The molecule has 0 radical (unpaired) electrons. The summed E-state index contributed by atoms with van der Waals surface area (Å²) in [5, 5.41) is 40.2. The Morgan fingerprint density at radius 1 is 0.469 bits per heavy atom. The van der Waals surface area contributed by atoms with Crippen LogP contribution >= 0.6 is 0 Å². The topological polar surface area (TPSA) is 152 Å². The van der Waals surface area contributed by atoms with E-state index in [1.807, 2.05) is 0 Å². The van der Waals surface area contributed by atoms with Gasteiger partial charge in [-0.15, -0.1) is 0 Å². The van der Waals surface area contributed by atoms with Gasteiger partial charge in [-0.05, 0) is 38.5 Å². The lowest BCUT2D eigenvalue weighted by Gasteiger charge is -2.39. The average molecular weight is 911 g/mol. The lowest BCUT2D eigenvalue weighted by Crippen LogP contribution is -2.59. The molecule has 0 bridgehead atoms. The fourth-order valence-corrected chi connectivity index (χ4v) is 8.60. The van der Waals surface area contributed by atoms with E-state index in [0.29, 0.717) is 6.42 Å². The summed E-state index contributed by atoms with van der Waals surface area (Å²) in [6.07, 6.45) is 43.7. The maximum Gasteiger partial charge on any atom is 0.306 e. The molecule has 4 N–H and O–H groups in total. The first-order valence-corrected chi connectivity index (χ1v) is 27.3. The highest BCUT2D eigenvalue weighted by atomic mass is 16.7. The van der Waals surface area contributed by atoms with Crippen LogP contribution in [0.1, 0.15) is 264 Å². The number of carbonyl (C=O) groups excluding carboxylic acids is 2. The van der Waals surface area contributed by atoms with Crippen LogP contribution < -0.4 is 0 Å². The van der Waals surface area contributed by atoms with Gasteiger partial charge in [0.15, 0.2) is 12.4 Å². The van der Waals surface area contributed by atoms with Gasteiger partial charge in [0.1, 0.15) is 31.0 Å². The summed E-state index contributed by atoms with van der Waals surface area (Å²) in [6.45, 7) is 3.48. The van der Waals surface area contributed by atoms with Crippen molar-refractivity contribution in [1.29, 1.82) is 0 Å². The fourth-order valence-electron chi connectivity index (χ4n) is 8.60. The first-order chi connectivity index (χ1) is 31.3. The van der Waals surface area contributed by atoms with Crippen molar-refractivity contribution in [3.05, 3.63) is 12.2 Å². The van der Waals surface area contributed by atoms with Crippen LogP contribution in [-0.2, 0) is 28.5 Å². The van der Waals surface area contributed by atoms with Gasteiger partial charge in [0.05, 0.1) is 13.2 Å². The van der Waals surface area contributed by atoms with Gasteiger partial charge in [-0.25, -0.2) is 0 Å². The summed E-state index contributed by atoms with van der Waals surface area (Å²) in [7, 11) is 0. The Morgan fingerprint density at radius 3 is 1.22 bits per heavy atom. The van der Waals surface area contributed by atoms with Crippen molar-refractivity contribution in [2.45, 2.75) is 301 Å². The smallest absolute Gasteiger partial charge is 0.306 e. The third-order valence-electron chi connectivity index (χ3n) is 12.9. The molecule has 0 aromatic rings. The molecule has 0 aromatic heterocycles. The van der Waals surface area contributed by atoms with Crippen molar-refractivity contribution < 1.29 is 49.0 Å². The maximum absolute atomic E-state index is 12.9. The molecule has 1 saturated heterocycles. The maximum atomic E-state index is 12.9. The van der Waals surface area contributed by atoms with Gasteiger partial charge in [-0.3, -0.25) is 9.59 Å². The molecule has 0 amide bonds. The highest BCUT2D eigenvalue weighted by Crippen LogP contribution is 2.23. The van der Waals surface area contributed by atoms with Crippen LogP contribution in [0.15, 0.2) is 12.2 Å². The Labute approximate surface area is 392 Å². The number of rotatable bonds is 47. The van der Waals surface area contributed by atoms with Gasteiger partial charge in [0.25, 0.3) is 0 Å². The second kappa shape index (κ2) is 45.2. The van der Waals surface area contributed by atoms with Crippen LogP contribution in [0, 0.1) is 0 Å². The first-order valence-electron chi connectivity index (χ1n) is 27.3. The standard InChI is InChI=1S/C54H102O10/c1-3-5-7-9-11-13-15-17-19-21-22-23-24-25-26-27-29-31-33-35-37-39-41-43-50(57)63-47(46-62-54-53(60)52(59)51(58)48(44-55)64-54)45-61-49(56)42-40-38-36-34-32-30-28-20-18-16-14-12-10-8-6-4-2/h21-22,47-48,51-55,58-60H,3-20,23-46H2,1-2H3/b22-21-. The molecule has 0 aromatic carbocycles.